The Hall–Kier alpha value is -2.87. The van der Waals surface area contributed by atoms with Gasteiger partial charge in [-0.1, -0.05) is 0 Å². The molecule has 1 atom stereocenters. The van der Waals surface area contributed by atoms with Gasteiger partial charge in [0.2, 0.25) is 11.9 Å². The van der Waals surface area contributed by atoms with Crippen molar-refractivity contribution in [3.63, 3.8) is 0 Å². The van der Waals surface area contributed by atoms with E-state index in [0.717, 1.165) is 49.2 Å². The zero-order chi connectivity index (χ0) is 19.9. The van der Waals surface area contributed by atoms with Gasteiger partial charge in [0.1, 0.15) is 11.5 Å². The molecule has 0 spiro atoms. The molecule has 1 unspecified atom stereocenters. The largest absolute Gasteiger partial charge is 0.497 e. The van der Waals surface area contributed by atoms with Crippen molar-refractivity contribution in [1.29, 1.82) is 0 Å². The van der Waals surface area contributed by atoms with Gasteiger partial charge in [-0.2, -0.15) is 0 Å². The summed E-state index contributed by atoms with van der Waals surface area (Å²) in [6.45, 7) is 5.50. The van der Waals surface area contributed by atoms with Gasteiger partial charge >= 0.3 is 0 Å². The number of benzene rings is 1. The van der Waals surface area contributed by atoms with Gasteiger partial charge in [-0.05, 0) is 31.2 Å². The lowest BCUT2D eigenvalue weighted by atomic mass is 10.1. The number of rotatable bonds is 7. The maximum absolute atomic E-state index is 12.5. The summed E-state index contributed by atoms with van der Waals surface area (Å²) in [7, 11) is 3.24. The molecule has 0 bridgehead atoms. The second-order valence-corrected chi connectivity index (χ2v) is 6.71. The van der Waals surface area contributed by atoms with E-state index in [9.17, 15) is 4.79 Å². The van der Waals surface area contributed by atoms with Gasteiger partial charge in [0, 0.05) is 44.1 Å². The molecule has 1 saturated heterocycles. The first kappa shape index (κ1) is 19.9. The van der Waals surface area contributed by atoms with Crippen molar-refractivity contribution >= 4 is 11.9 Å². The van der Waals surface area contributed by atoms with E-state index >= 15 is 0 Å². The summed E-state index contributed by atoms with van der Waals surface area (Å²) < 4.78 is 10.7. The van der Waals surface area contributed by atoms with Crippen LogP contribution < -0.4 is 19.7 Å². The van der Waals surface area contributed by atoms with Crippen LogP contribution in [0.5, 0.6) is 11.5 Å². The molecule has 28 heavy (non-hydrogen) atoms. The minimum Gasteiger partial charge on any atom is -0.497 e. The smallest absolute Gasteiger partial charge is 0.234 e. The van der Waals surface area contributed by atoms with Crippen LogP contribution in [0.25, 0.3) is 0 Å². The molecule has 1 aliphatic heterocycles. The monoisotopic (exact) mass is 385 g/mol. The molecule has 1 fully saturated rings. The average molecular weight is 385 g/mol. The molecule has 8 heteroatoms. The van der Waals surface area contributed by atoms with E-state index in [2.05, 4.69) is 25.1 Å². The molecule has 2 heterocycles. The summed E-state index contributed by atoms with van der Waals surface area (Å²) in [5, 5.41) is 3.06. The number of nitrogens with zero attached hydrogens (tertiary/aromatic N) is 4. The van der Waals surface area contributed by atoms with E-state index in [1.54, 1.807) is 26.6 Å². The number of piperazine rings is 1. The number of nitrogens with one attached hydrogen (secondary N) is 1. The zero-order valence-corrected chi connectivity index (χ0v) is 16.6. The normalized spacial score (nSPS) is 15.8. The summed E-state index contributed by atoms with van der Waals surface area (Å²) in [4.78, 5) is 25.4. The third kappa shape index (κ3) is 4.89. The Morgan fingerprint density at radius 2 is 1.86 bits per heavy atom. The quantitative estimate of drug-likeness (QED) is 0.773. The fourth-order valence-electron chi connectivity index (χ4n) is 3.31. The SMILES string of the molecule is COc1ccc(OC)c(C(C)NC(=O)CN2CCN(c3ncccn3)CC2)c1. The zero-order valence-electron chi connectivity index (χ0n) is 16.6. The molecule has 3 rings (SSSR count). The van der Waals surface area contributed by atoms with Crippen molar-refractivity contribution in [3.05, 3.63) is 42.2 Å². The van der Waals surface area contributed by atoms with Crippen LogP contribution in [0.2, 0.25) is 0 Å². The Labute approximate surface area is 165 Å². The van der Waals surface area contributed by atoms with E-state index in [1.165, 1.54) is 0 Å². The number of amides is 1. The molecule has 1 aromatic carbocycles. The summed E-state index contributed by atoms with van der Waals surface area (Å²) >= 11 is 0. The fraction of sp³-hybridized carbons (Fsp3) is 0.450. The molecule has 1 N–H and O–H groups in total. The molecule has 1 amide bonds. The number of hydrogen-bond acceptors (Lipinski definition) is 7. The highest BCUT2D eigenvalue weighted by molar-refractivity contribution is 5.78. The number of anilines is 1. The van der Waals surface area contributed by atoms with Gasteiger partial charge in [0.25, 0.3) is 0 Å². The summed E-state index contributed by atoms with van der Waals surface area (Å²) in [6.07, 6.45) is 3.49. The summed E-state index contributed by atoms with van der Waals surface area (Å²) in [5.74, 6) is 2.19. The third-order valence-electron chi connectivity index (χ3n) is 4.86. The third-order valence-corrected chi connectivity index (χ3v) is 4.86. The molecule has 8 nitrogen and oxygen atoms in total. The van der Waals surface area contributed by atoms with Gasteiger partial charge in [0.15, 0.2) is 0 Å². The number of hydrogen-bond donors (Lipinski definition) is 1. The topological polar surface area (TPSA) is 79.8 Å². The van der Waals surface area contributed by atoms with E-state index in [1.807, 2.05) is 31.2 Å². The minimum atomic E-state index is -0.184. The molecule has 1 aliphatic rings. The maximum atomic E-state index is 12.5. The lowest BCUT2D eigenvalue weighted by Gasteiger charge is -2.34. The highest BCUT2D eigenvalue weighted by Gasteiger charge is 2.22. The summed E-state index contributed by atoms with van der Waals surface area (Å²) in [5.41, 5.74) is 0.890. The number of aromatic nitrogens is 2. The Morgan fingerprint density at radius 1 is 1.14 bits per heavy atom. The first-order valence-electron chi connectivity index (χ1n) is 9.36. The van der Waals surface area contributed by atoms with Crippen molar-refractivity contribution in [2.24, 2.45) is 0 Å². The number of carbonyl (C=O) groups is 1. The molecule has 150 valence electrons. The molecule has 0 aliphatic carbocycles. The molecule has 2 aromatic rings. The predicted octanol–water partition coefficient (Wildman–Crippen LogP) is 1.49. The van der Waals surface area contributed by atoms with Gasteiger partial charge in [-0.15, -0.1) is 0 Å². The van der Waals surface area contributed by atoms with Crippen molar-refractivity contribution in [3.8, 4) is 11.5 Å². The Kier molecular flexibility index (Phi) is 6.65. The maximum Gasteiger partial charge on any atom is 0.234 e. The van der Waals surface area contributed by atoms with Crippen LogP contribution in [-0.4, -0.2) is 67.7 Å². The number of methoxy groups -OCH3 is 2. The van der Waals surface area contributed by atoms with Gasteiger partial charge in [-0.25, -0.2) is 9.97 Å². The van der Waals surface area contributed by atoms with Crippen molar-refractivity contribution in [1.82, 2.24) is 20.2 Å². The van der Waals surface area contributed by atoms with E-state index in [0.29, 0.717) is 6.54 Å². The lowest BCUT2D eigenvalue weighted by Crippen LogP contribution is -2.50. The summed E-state index contributed by atoms with van der Waals surface area (Å²) in [6, 6.07) is 7.20. The second-order valence-electron chi connectivity index (χ2n) is 6.71. The number of carbonyl (C=O) groups excluding carboxylic acids is 1. The van der Waals surface area contributed by atoms with Crippen LogP contribution in [0.3, 0.4) is 0 Å². The van der Waals surface area contributed by atoms with Crippen LogP contribution in [0.4, 0.5) is 5.95 Å². The standard InChI is InChI=1S/C20H27N5O3/c1-15(17-13-16(27-2)5-6-18(17)28-3)23-19(26)14-24-9-11-25(12-10-24)20-21-7-4-8-22-20/h4-8,13,15H,9-12,14H2,1-3H3,(H,23,26). The molecular formula is C20H27N5O3. The first-order chi connectivity index (χ1) is 13.6. The van der Waals surface area contributed by atoms with Gasteiger partial charge in [0.05, 0.1) is 26.8 Å². The van der Waals surface area contributed by atoms with Gasteiger partial charge in [-0.3, -0.25) is 9.69 Å². The average Bonchev–Trinajstić information content (AvgIpc) is 2.74. The highest BCUT2D eigenvalue weighted by atomic mass is 16.5. The fourth-order valence-corrected chi connectivity index (χ4v) is 3.31. The van der Waals surface area contributed by atoms with Crippen LogP contribution in [0.1, 0.15) is 18.5 Å². The predicted molar refractivity (Wildman–Crippen MR) is 107 cm³/mol. The molecular weight excluding hydrogens is 358 g/mol. The van der Waals surface area contributed by atoms with Crippen LogP contribution in [-0.2, 0) is 4.79 Å². The Balaban J connectivity index is 1.52. The number of ether oxygens (including phenoxy) is 2. The Bertz CT molecular complexity index is 779. The molecule has 1 aromatic heterocycles. The molecule has 0 saturated carbocycles. The molecule has 0 radical (unpaired) electrons. The van der Waals surface area contributed by atoms with Crippen LogP contribution in [0, 0.1) is 0 Å². The van der Waals surface area contributed by atoms with Crippen LogP contribution >= 0.6 is 0 Å². The van der Waals surface area contributed by atoms with E-state index < -0.39 is 0 Å². The van der Waals surface area contributed by atoms with Gasteiger partial charge < -0.3 is 19.7 Å². The van der Waals surface area contributed by atoms with Crippen molar-refractivity contribution < 1.29 is 14.3 Å². The van der Waals surface area contributed by atoms with E-state index in [4.69, 9.17) is 9.47 Å². The lowest BCUT2D eigenvalue weighted by molar-refractivity contribution is -0.123. The first-order valence-corrected chi connectivity index (χ1v) is 9.36. The highest BCUT2D eigenvalue weighted by Crippen LogP contribution is 2.29. The Morgan fingerprint density at radius 3 is 2.50 bits per heavy atom. The minimum absolute atomic E-state index is 0.0122. The van der Waals surface area contributed by atoms with E-state index in [-0.39, 0.29) is 11.9 Å². The van der Waals surface area contributed by atoms with Crippen LogP contribution in [0.15, 0.2) is 36.7 Å². The van der Waals surface area contributed by atoms with Crippen molar-refractivity contribution in [2.45, 2.75) is 13.0 Å². The second kappa shape index (κ2) is 9.36. The van der Waals surface area contributed by atoms with Crippen molar-refractivity contribution in [2.75, 3.05) is 51.8 Å².